The van der Waals surface area contributed by atoms with Crippen molar-refractivity contribution in [2.45, 2.75) is 63.7 Å². The first kappa shape index (κ1) is 49.0. The number of benzene rings is 2. The maximum atomic E-state index is 13.9. The second-order valence-corrected chi connectivity index (χ2v) is 12.3. The zero-order valence-electron chi connectivity index (χ0n) is 23.4. The zero-order chi connectivity index (χ0) is 32.6. The summed E-state index contributed by atoms with van der Waals surface area (Å²) in [5.74, 6) is -1.48. The Kier molecular flexibility index (Phi) is 26.3. The summed E-state index contributed by atoms with van der Waals surface area (Å²) in [7, 11) is 0. The van der Waals surface area contributed by atoms with E-state index < -0.39 is 35.5 Å². The third-order valence-corrected chi connectivity index (χ3v) is 8.78. The Bertz CT molecular complexity index is 1260. The molecule has 0 spiro atoms. The summed E-state index contributed by atoms with van der Waals surface area (Å²) < 4.78 is 99.5. The molecule has 4 N–H and O–H groups in total. The van der Waals surface area contributed by atoms with Crippen LogP contribution in [0.15, 0.2) is 39.0 Å². The largest absolute Gasteiger partial charge is 0.398 e. The summed E-state index contributed by atoms with van der Waals surface area (Å²) in [6, 6.07) is 5.05. The van der Waals surface area contributed by atoms with Crippen LogP contribution in [0, 0.1) is 25.5 Å². The Morgan fingerprint density at radius 1 is 0.978 bits per heavy atom. The topological polar surface area (TPSA) is 64.4 Å². The van der Waals surface area contributed by atoms with E-state index in [1.54, 1.807) is 13.8 Å². The number of isothiocyanates is 1. The van der Waals surface area contributed by atoms with Crippen molar-refractivity contribution in [2.24, 2.45) is 4.99 Å². The van der Waals surface area contributed by atoms with Gasteiger partial charge < -0.3 is 5.73 Å². The number of alkyl halides is 7. The molecule has 1 aliphatic heterocycles. The number of nitrogens with two attached hydrogens (primary N) is 1. The van der Waals surface area contributed by atoms with Gasteiger partial charge in [-0.05, 0) is 80.0 Å². The van der Waals surface area contributed by atoms with Gasteiger partial charge in [0.15, 0.2) is 11.5 Å². The summed E-state index contributed by atoms with van der Waals surface area (Å²) in [6.07, 6.45) is -6.56. The van der Waals surface area contributed by atoms with Crippen LogP contribution in [0.5, 0.6) is 0 Å². The SMILES string of the molecule is C.C.Cc1cc(F)c(N)cc1SCC(F)(F)F.Cc1cc(F)c(NC2=[NH+]CCCS2)cc1SCC(F)(F)F.Cl.S=C=NCCCCl. The molecule has 18 heteroatoms. The highest BCUT2D eigenvalue weighted by molar-refractivity contribution is 8.13. The first-order valence-corrected chi connectivity index (χ1v) is 16.3. The van der Waals surface area contributed by atoms with Gasteiger partial charge in [-0.15, -0.1) is 47.5 Å². The molecular weight excluding hydrogens is 743 g/mol. The van der Waals surface area contributed by atoms with Crippen molar-refractivity contribution in [1.82, 2.24) is 0 Å². The number of hydrogen-bond acceptors (Lipinski definition) is 7. The van der Waals surface area contributed by atoms with Gasteiger partial charge in [0.1, 0.15) is 5.82 Å². The number of aryl methyl sites for hydroxylation is 2. The van der Waals surface area contributed by atoms with Crippen molar-refractivity contribution in [3.63, 3.8) is 0 Å². The standard InChI is InChI=1S/C13H14F4N2S2.C9H9F4NS.C4H6ClNS.2CH4.ClH/c1-8-5-9(14)10(19-12-18-3-2-4-20-12)6-11(8)21-7-13(15,16)17;1-5-2-6(10)7(14)3-8(5)15-4-9(11,12)13;5-2-1-3-6-4-7;;;/h5-6H,2-4,7H2,1H3,(H,18,19);2-3H,4,14H2,1H3;1-3H2;2*1H4;1H/p+1. The van der Waals surface area contributed by atoms with Crippen molar-refractivity contribution in [2.75, 3.05) is 47.3 Å². The number of thiocarbonyl (C=S) groups is 1. The molecule has 0 saturated carbocycles. The monoisotopic (exact) mass is 781 g/mol. The van der Waals surface area contributed by atoms with E-state index in [0.29, 0.717) is 56.9 Å². The van der Waals surface area contributed by atoms with Gasteiger partial charge in [-0.2, -0.15) is 26.3 Å². The lowest BCUT2D eigenvalue weighted by Gasteiger charge is -2.11. The highest BCUT2D eigenvalue weighted by atomic mass is 35.5. The number of nitrogens with zero attached hydrogens (tertiary/aromatic N) is 1. The van der Waals surface area contributed by atoms with Gasteiger partial charge in [0.05, 0.1) is 35.4 Å². The summed E-state index contributed by atoms with van der Waals surface area (Å²) in [4.78, 5) is 7.52. The molecule has 0 atom stereocenters. The molecule has 1 aliphatic rings. The quantitative estimate of drug-likeness (QED) is 0.0472. The number of halogens is 10. The van der Waals surface area contributed by atoms with Gasteiger partial charge in [-0.1, -0.05) is 14.9 Å². The summed E-state index contributed by atoms with van der Waals surface area (Å²) in [6.45, 7) is 4.67. The second-order valence-electron chi connectivity index (χ2n) is 8.64. The predicted molar refractivity (Wildman–Crippen MR) is 188 cm³/mol. The average molecular weight is 783 g/mol. The Morgan fingerprint density at radius 3 is 1.96 bits per heavy atom. The second kappa shape index (κ2) is 24.7. The molecule has 2 aromatic carbocycles. The van der Waals surface area contributed by atoms with Crippen LogP contribution in [0.25, 0.3) is 0 Å². The number of aliphatic imine (C=N–C) groups is 1. The van der Waals surface area contributed by atoms with Gasteiger partial charge >= 0.3 is 17.5 Å². The van der Waals surface area contributed by atoms with Crippen LogP contribution in [0.3, 0.4) is 0 Å². The third kappa shape index (κ3) is 21.5. The van der Waals surface area contributed by atoms with Gasteiger partial charge in [-0.3, -0.25) is 4.99 Å². The molecule has 3 rings (SSSR count). The molecule has 0 unspecified atom stereocenters. The molecule has 0 aromatic heterocycles. The van der Waals surface area contributed by atoms with E-state index in [1.165, 1.54) is 30.0 Å². The van der Waals surface area contributed by atoms with Gasteiger partial charge in [0, 0.05) is 27.5 Å². The maximum absolute atomic E-state index is 13.9. The minimum absolute atomic E-state index is 0. The van der Waals surface area contributed by atoms with Crippen molar-refractivity contribution >= 4 is 93.2 Å². The van der Waals surface area contributed by atoms with Crippen molar-refractivity contribution in [1.29, 1.82) is 0 Å². The normalized spacial score (nSPS) is 12.2. The molecule has 264 valence electrons. The van der Waals surface area contributed by atoms with E-state index in [1.807, 2.05) is 0 Å². The van der Waals surface area contributed by atoms with E-state index in [0.717, 1.165) is 36.4 Å². The lowest BCUT2D eigenvalue weighted by Crippen LogP contribution is -2.75. The number of nitrogen functional groups attached to an aromatic ring is 1. The fourth-order valence-electron chi connectivity index (χ4n) is 2.93. The number of hydrogen-bond donors (Lipinski definition) is 3. The lowest BCUT2D eigenvalue weighted by molar-refractivity contribution is -0.454. The van der Waals surface area contributed by atoms with Crippen LogP contribution in [0.4, 0.5) is 46.5 Å². The first-order valence-electron chi connectivity index (χ1n) is 12.4. The summed E-state index contributed by atoms with van der Waals surface area (Å²) in [5, 5.41) is 5.90. The van der Waals surface area contributed by atoms with Crippen LogP contribution >= 0.6 is 71.5 Å². The molecular formula is C28H39Cl2F8N4S4+. The summed E-state index contributed by atoms with van der Waals surface area (Å²) >= 11 is 12.4. The Balaban J connectivity index is -0.000000653. The Morgan fingerprint density at radius 2 is 1.50 bits per heavy atom. The van der Waals surface area contributed by atoms with Crippen LogP contribution in [-0.4, -0.2) is 58.9 Å². The van der Waals surface area contributed by atoms with Crippen molar-refractivity contribution < 1.29 is 40.1 Å². The number of amidine groups is 1. The zero-order valence-corrected chi connectivity index (χ0v) is 28.3. The molecule has 2 aromatic rings. The third-order valence-electron chi connectivity index (χ3n) is 4.91. The molecule has 0 radical (unpaired) electrons. The lowest BCUT2D eigenvalue weighted by atomic mass is 10.2. The van der Waals surface area contributed by atoms with E-state index in [4.69, 9.17) is 17.3 Å². The van der Waals surface area contributed by atoms with Crippen LogP contribution in [0.1, 0.15) is 38.8 Å². The van der Waals surface area contributed by atoms with Crippen LogP contribution in [-0.2, 0) is 0 Å². The number of anilines is 2. The maximum Gasteiger partial charge on any atom is 0.398 e. The minimum atomic E-state index is -4.24. The molecule has 0 bridgehead atoms. The molecule has 0 amide bonds. The highest BCUT2D eigenvalue weighted by Crippen LogP contribution is 2.33. The molecule has 4 nitrogen and oxygen atoms in total. The fraction of sp³-hybridized carbons (Fsp3) is 0.500. The van der Waals surface area contributed by atoms with Crippen LogP contribution < -0.4 is 16.0 Å². The molecule has 0 aliphatic carbocycles. The van der Waals surface area contributed by atoms with Crippen molar-refractivity contribution in [3.05, 3.63) is 47.0 Å². The van der Waals surface area contributed by atoms with Gasteiger partial charge in [0.25, 0.3) is 0 Å². The fourth-order valence-corrected chi connectivity index (χ4v) is 5.65. The van der Waals surface area contributed by atoms with E-state index >= 15 is 0 Å². The Labute approximate surface area is 295 Å². The summed E-state index contributed by atoms with van der Waals surface area (Å²) in [5.41, 5.74) is 6.28. The molecule has 0 saturated heterocycles. The van der Waals surface area contributed by atoms with Gasteiger partial charge in [-0.25, -0.2) is 19.1 Å². The molecule has 46 heavy (non-hydrogen) atoms. The van der Waals surface area contributed by atoms with E-state index in [2.05, 4.69) is 32.7 Å². The first-order chi connectivity index (χ1) is 20.1. The predicted octanol–water partition coefficient (Wildman–Crippen LogP) is 9.56. The van der Waals surface area contributed by atoms with E-state index in [9.17, 15) is 35.1 Å². The number of thioether (sulfide) groups is 3. The number of rotatable bonds is 8. The van der Waals surface area contributed by atoms with Crippen molar-refractivity contribution in [3.8, 4) is 0 Å². The average Bonchev–Trinajstić information content (AvgIpc) is 2.91. The van der Waals surface area contributed by atoms with Gasteiger partial charge in [0.2, 0.25) is 0 Å². The smallest absolute Gasteiger partial charge is 0.396 e. The van der Waals surface area contributed by atoms with E-state index in [-0.39, 0.29) is 38.6 Å². The molecule has 0 fully saturated rings. The minimum Gasteiger partial charge on any atom is -0.396 e. The highest BCUT2D eigenvalue weighted by Gasteiger charge is 2.29. The van der Waals surface area contributed by atoms with Crippen LogP contribution in [0.2, 0.25) is 0 Å². The Hall–Kier alpha value is -1.42. The molecule has 1 heterocycles. The number of nitrogens with one attached hydrogen (secondary N) is 2.